The van der Waals surface area contributed by atoms with Crippen molar-refractivity contribution in [3.05, 3.63) is 45.8 Å². The number of nitrogens with one attached hydrogen (secondary N) is 1. The van der Waals surface area contributed by atoms with E-state index in [2.05, 4.69) is 28.7 Å². The molecule has 21 heavy (non-hydrogen) atoms. The number of thiophene rings is 1. The number of aromatic nitrogens is 1. The van der Waals surface area contributed by atoms with E-state index in [-0.39, 0.29) is 11.9 Å². The molecule has 110 valence electrons. The average molecular weight is 301 g/mol. The first-order valence-electron chi connectivity index (χ1n) is 7.28. The Kier molecular flexibility index (Phi) is 3.92. The van der Waals surface area contributed by atoms with Gasteiger partial charge in [0.15, 0.2) is 0 Å². The van der Waals surface area contributed by atoms with Gasteiger partial charge in [0.2, 0.25) is 0 Å². The third kappa shape index (κ3) is 2.65. The van der Waals surface area contributed by atoms with Gasteiger partial charge in [-0.15, -0.1) is 11.3 Å². The van der Waals surface area contributed by atoms with Gasteiger partial charge >= 0.3 is 0 Å². The third-order valence-corrected chi connectivity index (χ3v) is 4.90. The minimum Gasteiger partial charge on any atom is -0.370 e. The molecule has 3 rings (SSSR count). The molecule has 4 nitrogen and oxygen atoms in total. The van der Waals surface area contributed by atoms with Crippen molar-refractivity contribution < 1.29 is 4.79 Å². The third-order valence-electron chi connectivity index (χ3n) is 3.90. The van der Waals surface area contributed by atoms with Crippen molar-refractivity contribution in [2.24, 2.45) is 0 Å². The van der Waals surface area contributed by atoms with Crippen molar-refractivity contribution in [2.75, 3.05) is 18.4 Å². The van der Waals surface area contributed by atoms with Crippen molar-refractivity contribution in [3.8, 4) is 0 Å². The maximum absolute atomic E-state index is 12.8. The molecule has 1 atom stereocenters. The Hall–Kier alpha value is -1.88. The van der Waals surface area contributed by atoms with Crippen LogP contribution < -0.4 is 5.32 Å². The summed E-state index contributed by atoms with van der Waals surface area (Å²) in [5.74, 6) is 0.838. The number of carbonyl (C=O) groups is 1. The molecule has 1 unspecified atom stereocenters. The highest BCUT2D eigenvalue weighted by Crippen LogP contribution is 2.33. The van der Waals surface area contributed by atoms with E-state index in [1.165, 1.54) is 10.4 Å². The fraction of sp³-hybridized carbons (Fsp3) is 0.375. The van der Waals surface area contributed by atoms with Crippen molar-refractivity contribution in [1.29, 1.82) is 0 Å². The molecule has 1 aliphatic rings. The van der Waals surface area contributed by atoms with Crippen LogP contribution >= 0.6 is 11.3 Å². The maximum atomic E-state index is 12.8. The maximum Gasteiger partial charge on any atom is 0.254 e. The predicted molar refractivity (Wildman–Crippen MR) is 85.9 cm³/mol. The Morgan fingerprint density at radius 2 is 2.38 bits per heavy atom. The zero-order valence-corrected chi connectivity index (χ0v) is 13.1. The zero-order chi connectivity index (χ0) is 14.8. The van der Waals surface area contributed by atoms with Crippen LogP contribution in [-0.2, 0) is 6.42 Å². The second kappa shape index (κ2) is 5.85. The summed E-state index contributed by atoms with van der Waals surface area (Å²) in [6, 6.07) is 5.91. The normalized spacial score (nSPS) is 17.4. The van der Waals surface area contributed by atoms with E-state index in [0.29, 0.717) is 5.56 Å². The number of rotatable bonds is 3. The van der Waals surface area contributed by atoms with Crippen molar-refractivity contribution >= 4 is 23.1 Å². The summed E-state index contributed by atoms with van der Waals surface area (Å²) in [5.41, 5.74) is 1.99. The summed E-state index contributed by atoms with van der Waals surface area (Å²) < 4.78 is 0. The highest BCUT2D eigenvalue weighted by atomic mass is 32.1. The lowest BCUT2D eigenvalue weighted by atomic mass is 10.0. The quantitative estimate of drug-likeness (QED) is 0.945. The number of anilines is 1. The standard InChI is InChI=1S/C16H19N3OS/c1-3-17-15-10-12(4-7-18-15)16(20)19-8-5-14-13(11(19)2)6-9-21-14/h4,6-7,9-11H,3,5,8H2,1-2H3,(H,17,18). The molecular formula is C16H19N3OS. The van der Waals surface area contributed by atoms with Gasteiger partial charge in [0.1, 0.15) is 5.82 Å². The number of carbonyl (C=O) groups excluding carboxylic acids is 1. The molecule has 0 bridgehead atoms. The van der Waals surface area contributed by atoms with Crippen LogP contribution in [0.1, 0.15) is 40.7 Å². The Labute approximate surface area is 128 Å². The number of hydrogen-bond donors (Lipinski definition) is 1. The fourth-order valence-corrected chi connectivity index (χ4v) is 3.76. The summed E-state index contributed by atoms with van der Waals surface area (Å²) in [5, 5.41) is 5.26. The van der Waals surface area contributed by atoms with E-state index in [0.717, 1.165) is 25.3 Å². The molecule has 5 heteroatoms. The largest absolute Gasteiger partial charge is 0.370 e. The number of fused-ring (bicyclic) bond motifs is 1. The molecule has 0 saturated carbocycles. The van der Waals surface area contributed by atoms with Gasteiger partial charge in [-0.3, -0.25) is 4.79 Å². The van der Waals surface area contributed by atoms with Crippen molar-refractivity contribution in [3.63, 3.8) is 0 Å². The average Bonchev–Trinajstić information content (AvgIpc) is 2.97. The number of nitrogens with zero attached hydrogens (tertiary/aromatic N) is 2. The molecule has 1 amide bonds. The summed E-state index contributed by atoms with van der Waals surface area (Å²) >= 11 is 1.79. The monoisotopic (exact) mass is 301 g/mol. The van der Waals surface area contributed by atoms with Gasteiger partial charge in [0.05, 0.1) is 6.04 Å². The van der Waals surface area contributed by atoms with E-state index in [9.17, 15) is 4.79 Å². The Balaban J connectivity index is 1.84. The van der Waals surface area contributed by atoms with Crippen LogP contribution in [0.3, 0.4) is 0 Å². The van der Waals surface area contributed by atoms with Gasteiger partial charge in [-0.05, 0) is 49.4 Å². The van der Waals surface area contributed by atoms with E-state index in [1.807, 2.05) is 17.9 Å². The highest BCUT2D eigenvalue weighted by molar-refractivity contribution is 7.10. The van der Waals surface area contributed by atoms with Crippen molar-refractivity contribution in [1.82, 2.24) is 9.88 Å². The first-order valence-corrected chi connectivity index (χ1v) is 8.16. The Morgan fingerprint density at radius 1 is 1.52 bits per heavy atom. The van der Waals surface area contributed by atoms with Gasteiger partial charge in [-0.25, -0.2) is 4.98 Å². The molecule has 0 aliphatic carbocycles. The molecule has 1 aliphatic heterocycles. The van der Waals surface area contributed by atoms with E-state index in [4.69, 9.17) is 0 Å². The molecule has 0 radical (unpaired) electrons. The summed E-state index contributed by atoms with van der Waals surface area (Å²) in [4.78, 5) is 20.4. The van der Waals surface area contributed by atoms with Crippen LogP contribution in [0.5, 0.6) is 0 Å². The molecule has 2 aromatic rings. The summed E-state index contributed by atoms with van der Waals surface area (Å²) in [7, 11) is 0. The van der Waals surface area contributed by atoms with Crippen LogP contribution in [0, 0.1) is 0 Å². The smallest absolute Gasteiger partial charge is 0.254 e. The Bertz CT molecular complexity index is 652. The van der Waals surface area contributed by atoms with Gasteiger partial charge in [-0.1, -0.05) is 0 Å². The van der Waals surface area contributed by atoms with Crippen LogP contribution in [0.15, 0.2) is 29.8 Å². The number of hydrogen-bond acceptors (Lipinski definition) is 4. The molecular weight excluding hydrogens is 282 g/mol. The molecule has 0 aromatic carbocycles. The Morgan fingerprint density at radius 3 is 3.19 bits per heavy atom. The second-order valence-electron chi connectivity index (χ2n) is 5.18. The molecule has 0 fully saturated rings. The lowest BCUT2D eigenvalue weighted by Crippen LogP contribution is -2.38. The molecule has 0 spiro atoms. The molecule has 2 aromatic heterocycles. The fourth-order valence-electron chi connectivity index (χ4n) is 2.79. The van der Waals surface area contributed by atoms with Gasteiger partial charge in [-0.2, -0.15) is 0 Å². The molecule has 1 N–H and O–H groups in total. The van der Waals surface area contributed by atoms with Crippen LogP contribution in [0.25, 0.3) is 0 Å². The zero-order valence-electron chi connectivity index (χ0n) is 12.3. The van der Waals surface area contributed by atoms with Crippen LogP contribution in [0.4, 0.5) is 5.82 Å². The number of pyridine rings is 1. The lowest BCUT2D eigenvalue weighted by molar-refractivity contribution is 0.0679. The van der Waals surface area contributed by atoms with Gasteiger partial charge in [0.25, 0.3) is 5.91 Å². The minimum atomic E-state index is 0.0842. The van der Waals surface area contributed by atoms with E-state index in [1.54, 1.807) is 23.6 Å². The summed E-state index contributed by atoms with van der Waals surface area (Å²) in [6.07, 6.45) is 2.64. The van der Waals surface area contributed by atoms with Crippen molar-refractivity contribution in [2.45, 2.75) is 26.3 Å². The van der Waals surface area contributed by atoms with Gasteiger partial charge < -0.3 is 10.2 Å². The summed E-state index contributed by atoms with van der Waals surface area (Å²) in [6.45, 7) is 5.70. The number of amides is 1. The van der Waals surface area contributed by atoms with E-state index < -0.39 is 0 Å². The molecule has 0 saturated heterocycles. The van der Waals surface area contributed by atoms with Crippen LogP contribution in [0.2, 0.25) is 0 Å². The topological polar surface area (TPSA) is 45.2 Å². The van der Waals surface area contributed by atoms with E-state index >= 15 is 0 Å². The second-order valence-corrected chi connectivity index (χ2v) is 6.18. The first-order chi connectivity index (χ1) is 10.2. The van der Waals surface area contributed by atoms with Crippen LogP contribution in [-0.4, -0.2) is 28.9 Å². The van der Waals surface area contributed by atoms with Gasteiger partial charge in [0, 0.05) is 29.7 Å². The highest BCUT2D eigenvalue weighted by Gasteiger charge is 2.29. The predicted octanol–water partition coefficient (Wildman–Crippen LogP) is 3.33. The molecule has 3 heterocycles. The lowest BCUT2D eigenvalue weighted by Gasteiger charge is -2.33. The minimum absolute atomic E-state index is 0.0842. The first kappa shape index (κ1) is 14.1. The SMILES string of the molecule is CCNc1cc(C(=O)N2CCc3sccc3C2C)ccn1.